The summed E-state index contributed by atoms with van der Waals surface area (Å²) in [6.45, 7) is 2.25. The third-order valence-corrected chi connectivity index (χ3v) is 3.35. The van der Waals surface area contributed by atoms with Crippen LogP contribution in [0.25, 0.3) is 0 Å². The Labute approximate surface area is 102 Å². The fraction of sp³-hybridized carbons (Fsp3) is 0.333. The summed E-state index contributed by atoms with van der Waals surface area (Å²) in [7, 11) is 0. The smallest absolute Gasteiger partial charge is 0.141 e. The van der Waals surface area contributed by atoms with Crippen LogP contribution < -0.4 is 0 Å². The lowest BCUT2D eigenvalue weighted by atomic mass is 9.92. The van der Waals surface area contributed by atoms with Crippen molar-refractivity contribution in [2.24, 2.45) is 0 Å². The van der Waals surface area contributed by atoms with Gasteiger partial charge in [0.05, 0.1) is 12.6 Å². The molecule has 0 N–H and O–H groups in total. The number of rotatable bonds is 3. The highest BCUT2D eigenvalue weighted by Crippen LogP contribution is 2.48. The van der Waals surface area contributed by atoms with Crippen LogP contribution in [0.1, 0.15) is 18.5 Å². The summed E-state index contributed by atoms with van der Waals surface area (Å²) in [4.78, 5) is 3.86. The van der Waals surface area contributed by atoms with Gasteiger partial charge >= 0.3 is 0 Å². The Morgan fingerprint density at radius 1 is 1.44 bits per heavy atom. The number of aromatic nitrogens is 3. The second-order valence-electron chi connectivity index (χ2n) is 4.35. The molecule has 2 aromatic rings. The van der Waals surface area contributed by atoms with Gasteiger partial charge in [0.2, 0.25) is 0 Å². The molecule has 0 spiro atoms. The van der Waals surface area contributed by atoms with E-state index in [1.54, 1.807) is 11.0 Å². The summed E-state index contributed by atoms with van der Waals surface area (Å²) >= 11 is 0. The molecule has 18 heavy (non-hydrogen) atoms. The maximum absolute atomic E-state index is 13.8. The minimum absolute atomic E-state index is 0.208. The van der Waals surface area contributed by atoms with Crippen molar-refractivity contribution in [3.8, 4) is 0 Å². The molecule has 0 bridgehead atoms. The van der Waals surface area contributed by atoms with E-state index in [2.05, 4.69) is 10.1 Å². The molecule has 0 amide bonds. The van der Waals surface area contributed by atoms with Crippen molar-refractivity contribution in [2.45, 2.75) is 18.6 Å². The van der Waals surface area contributed by atoms with E-state index in [9.17, 15) is 8.78 Å². The highest BCUT2D eigenvalue weighted by Gasteiger charge is 2.54. The fourth-order valence-corrected chi connectivity index (χ4v) is 2.16. The van der Waals surface area contributed by atoms with Gasteiger partial charge in [-0.1, -0.05) is 6.07 Å². The maximum Gasteiger partial charge on any atom is 0.141 e. The average Bonchev–Trinajstić information content (AvgIpc) is 2.95. The molecule has 4 nitrogen and oxygen atoms in total. The fourth-order valence-electron chi connectivity index (χ4n) is 2.16. The van der Waals surface area contributed by atoms with Crippen LogP contribution >= 0.6 is 0 Å². The molecule has 0 aliphatic carbocycles. The molecule has 94 valence electrons. The van der Waals surface area contributed by atoms with E-state index in [0.717, 1.165) is 6.07 Å². The molecule has 1 aromatic carbocycles. The first kappa shape index (κ1) is 11.3. The summed E-state index contributed by atoms with van der Waals surface area (Å²) < 4.78 is 33.8. The third-order valence-electron chi connectivity index (χ3n) is 3.35. The van der Waals surface area contributed by atoms with Crippen molar-refractivity contribution in [1.29, 1.82) is 0 Å². The van der Waals surface area contributed by atoms with Crippen molar-refractivity contribution >= 4 is 0 Å². The lowest BCUT2D eigenvalue weighted by Crippen LogP contribution is -2.25. The van der Waals surface area contributed by atoms with Crippen molar-refractivity contribution in [2.75, 3.05) is 6.61 Å². The average molecular weight is 251 g/mol. The molecule has 2 atom stereocenters. The van der Waals surface area contributed by atoms with Crippen LogP contribution in [0.4, 0.5) is 8.78 Å². The second kappa shape index (κ2) is 3.84. The van der Waals surface area contributed by atoms with Gasteiger partial charge in [0, 0.05) is 11.6 Å². The van der Waals surface area contributed by atoms with E-state index in [0.29, 0.717) is 12.2 Å². The van der Waals surface area contributed by atoms with Gasteiger partial charge in [0.25, 0.3) is 0 Å². The van der Waals surface area contributed by atoms with Gasteiger partial charge in [-0.05, 0) is 13.0 Å². The zero-order chi connectivity index (χ0) is 12.8. The summed E-state index contributed by atoms with van der Waals surface area (Å²) in [6.07, 6.45) is 2.96. The Morgan fingerprint density at radius 2 is 2.22 bits per heavy atom. The van der Waals surface area contributed by atoms with Crippen molar-refractivity contribution in [1.82, 2.24) is 14.8 Å². The third kappa shape index (κ3) is 1.60. The van der Waals surface area contributed by atoms with E-state index in [1.165, 1.54) is 18.5 Å². The molecule has 0 radical (unpaired) electrons. The largest absolute Gasteiger partial charge is 0.362 e. The van der Waals surface area contributed by atoms with E-state index >= 15 is 0 Å². The number of hydrogen-bond donors (Lipinski definition) is 0. The molecule has 0 saturated carbocycles. The van der Waals surface area contributed by atoms with Crippen molar-refractivity contribution in [3.05, 3.63) is 48.1 Å². The van der Waals surface area contributed by atoms with Crippen LogP contribution in [0.2, 0.25) is 0 Å². The predicted octanol–water partition coefficient (Wildman–Crippen LogP) is 2.04. The molecular formula is C12H11F2N3O. The first-order valence-corrected chi connectivity index (χ1v) is 5.57. The van der Waals surface area contributed by atoms with Gasteiger partial charge in [0.15, 0.2) is 0 Å². The van der Waals surface area contributed by atoms with E-state index in [1.807, 2.05) is 6.92 Å². The zero-order valence-corrected chi connectivity index (χ0v) is 9.68. The Kier molecular flexibility index (Phi) is 2.41. The van der Waals surface area contributed by atoms with E-state index in [4.69, 9.17) is 4.74 Å². The predicted molar refractivity (Wildman–Crippen MR) is 58.7 cm³/mol. The summed E-state index contributed by atoms with van der Waals surface area (Å²) in [6, 6.07) is 3.31. The van der Waals surface area contributed by atoms with Crippen LogP contribution in [0.3, 0.4) is 0 Å². The Balaban J connectivity index is 2.00. The highest BCUT2D eigenvalue weighted by molar-refractivity contribution is 5.30. The van der Waals surface area contributed by atoms with Crippen LogP contribution in [-0.2, 0) is 10.3 Å². The Morgan fingerprint density at radius 3 is 2.78 bits per heavy atom. The molecule has 2 unspecified atom stereocenters. The first-order chi connectivity index (χ1) is 8.63. The van der Waals surface area contributed by atoms with Crippen LogP contribution in [0.5, 0.6) is 0 Å². The lowest BCUT2D eigenvalue weighted by Gasteiger charge is -2.21. The van der Waals surface area contributed by atoms with Crippen molar-refractivity contribution < 1.29 is 13.5 Å². The number of halogens is 2. The first-order valence-electron chi connectivity index (χ1n) is 5.57. The quantitative estimate of drug-likeness (QED) is 0.784. The standard InChI is InChI=1S/C12H11F2N3O/c1-8(17-7-15-6-16-17)12(5-18-12)10-3-2-9(13)4-11(10)14/h2-4,6-8H,5H2,1H3. The normalized spacial score (nSPS) is 23.9. The molecule has 1 aliphatic heterocycles. The van der Waals surface area contributed by atoms with Crippen LogP contribution in [-0.4, -0.2) is 21.4 Å². The molecule has 6 heteroatoms. The SMILES string of the molecule is CC(n1cncn1)C1(c2ccc(F)cc2F)CO1. The highest BCUT2D eigenvalue weighted by atomic mass is 19.1. The van der Waals surface area contributed by atoms with Crippen LogP contribution in [0.15, 0.2) is 30.9 Å². The van der Waals surface area contributed by atoms with Gasteiger partial charge in [-0.25, -0.2) is 18.4 Å². The summed E-state index contributed by atoms with van der Waals surface area (Å²) in [5, 5.41) is 4.02. The molecule has 1 aromatic heterocycles. The van der Waals surface area contributed by atoms with Gasteiger partial charge in [-0.2, -0.15) is 5.10 Å². The minimum atomic E-state index is -0.772. The molecule has 2 heterocycles. The number of nitrogens with zero attached hydrogens (tertiary/aromatic N) is 3. The minimum Gasteiger partial charge on any atom is -0.362 e. The zero-order valence-electron chi connectivity index (χ0n) is 9.68. The molecule has 3 rings (SSSR count). The van der Waals surface area contributed by atoms with Gasteiger partial charge in [-0.3, -0.25) is 0 Å². The molecule has 1 saturated heterocycles. The van der Waals surface area contributed by atoms with Gasteiger partial charge < -0.3 is 4.74 Å². The molecule has 1 fully saturated rings. The topological polar surface area (TPSA) is 43.2 Å². The van der Waals surface area contributed by atoms with Crippen LogP contribution in [0, 0.1) is 11.6 Å². The maximum atomic E-state index is 13.8. The Bertz CT molecular complexity index is 567. The molecule has 1 aliphatic rings. The number of hydrogen-bond acceptors (Lipinski definition) is 3. The molecular weight excluding hydrogens is 240 g/mol. The van der Waals surface area contributed by atoms with E-state index < -0.39 is 17.2 Å². The van der Waals surface area contributed by atoms with Gasteiger partial charge in [0.1, 0.15) is 29.9 Å². The number of benzene rings is 1. The Hall–Kier alpha value is -1.82. The van der Waals surface area contributed by atoms with Gasteiger partial charge in [-0.15, -0.1) is 0 Å². The summed E-state index contributed by atoms with van der Waals surface area (Å²) in [5.41, 5.74) is -0.419. The van der Waals surface area contributed by atoms with Crippen molar-refractivity contribution in [3.63, 3.8) is 0 Å². The second-order valence-corrected chi connectivity index (χ2v) is 4.35. The van der Waals surface area contributed by atoms with E-state index in [-0.39, 0.29) is 6.04 Å². The number of ether oxygens (including phenoxy) is 1. The number of epoxide rings is 1. The monoisotopic (exact) mass is 251 g/mol. The summed E-state index contributed by atoms with van der Waals surface area (Å²) in [5.74, 6) is -1.19. The lowest BCUT2D eigenvalue weighted by molar-refractivity contribution is 0.214.